The Kier molecular flexibility index (Phi) is 3.17. The van der Waals surface area contributed by atoms with E-state index in [0.717, 1.165) is 18.1 Å². The lowest BCUT2D eigenvalue weighted by molar-refractivity contribution is 0.112. The highest BCUT2D eigenvalue weighted by Gasteiger charge is 2.21. The van der Waals surface area contributed by atoms with Gasteiger partial charge in [0, 0.05) is 6.61 Å². The SMILES string of the molecule is N[C@H](COCC1CC1)c1ccccc1. The third-order valence-electron chi connectivity index (χ3n) is 2.58. The summed E-state index contributed by atoms with van der Waals surface area (Å²) in [6.07, 6.45) is 2.67. The molecule has 2 heteroatoms. The molecular weight excluding hydrogens is 174 g/mol. The quantitative estimate of drug-likeness (QED) is 0.773. The summed E-state index contributed by atoms with van der Waals surface area (Å²) in [7, 11) is 0. The van der Waals surface area contributed by atoms with Crippen molar-refractivity contribution in [3.05, 3.63) is 35.9 Å². The summed E-state index contributed by atoms with van der Waals surface area (Å²) < 4.78 is 5.55. The number of ether oxygens (including phenoxy) is 1. The van der Waals surface area contributed by atoms with Crippen LogP contribution in [-0.2, 0) is 4.74 Å². The van der Waals surface area contributed by atoms with Crippen LogP contribution in [0.15, 0.2) is 30.3 Å². The topological polar surface area (TPSA) is 35.2 Å². The van der Waals surface area contributed by atoms with Gasteiger partial charge in [-0.2, -0.15) is 0 Å². The number of nitrogens with two attached hydrogens (primary N) is 1. The second-order valence-electron chi connectivity index (χ2n) is 4.00. The molecule has 2 rings (SSSR count). The normalized spacial score (nSPS) is 18.1. The Bertz CT molecular complexity index is 269. The Labute approximate surface area is 85.1 Å². The van der Waals surface area contributed by atoms with E-state index in [1.54, 1.807) is 0 Å². The second-order valence-corrected chi connectivity index (χ2v) is 4.00. The zero-order valence-electron chi connectivity index (χ0n) is 8.36. The minimum atomic E-state index is 0.0231. The van der Waals surface area contributed by atoms with Gasteiger partial charge in [-0.05, 0) is 24.3 Å². The van der Waals surface area contributed by atoms with Crippen molar-refractivity contribution < 1.29 is 4.74 Å². The number of benzene rings is 1. The van der Waals surface area contributed by atoms with Crippen LogP contribution >= 0.6 is 0 Å². The van der Waals surface area contributed by atoms with Gasteiger partial charge < -0.3 is 10.5 Å². The van der Waals surface area contributed by atoms with Crippen LogP contribution in [0.3, 0.4) is 0 Å². The third-order valence-corrected chi connectivity index (χ3v) is 2.58. The Morgan fingerprint density at radius 2 is 2.00 bits per heavy atom. The van der Waals surface area contributed by atoms with Crippen molar-refractivity contribution in [1.82, 2.24) is 0 Å². The standard InChI is InChI=1S/C12H17NO/c13-12(9-14-8-10-6-7-10)11-4-2-1-3-5-11/h1-5,10,12H,6-9,13H2/t12-/m1/s1. The molecule has 76 valence electrons. The van der Waals surface area contributed by atoms with Crippen LogP contribution in [0, 0.1) is 5.92 Å². The first-order valence-electron chi connectivity index (χ1n) is 5.24. The molecule has 1 fully saturated rings. The van der Waals surface area contributed by atoms with Crippen LogP contribution in [0.5, 0.6) is 0 Å². The largest absolute Gasteiger partial charge is 0.379 e. The first kappa shape index (κ1) is 9.69. The number of hydrogen-bond acceptors (Lipinski definition) is 2. The maximum absolute atomic E-state index is 5.98. The van der Waals surface area contributed by atoms with Crippen LogP contribution in [0.25, 0.3) is 0 Å². The Hall–Kier alpha value is -0.860. The van der Waals surface area contributed by atoms with Gasteiger partial charge in [0.25, 0.3) is 0 Å². The van der Waals surface area contributed by atoms with Crippen molar-refractivity contribution in [2.45, 2.75) is 18.9 Å². The van der Waals surface area contributed by atoms with Gasteiger partial charge in [0.05, 0.1) is 12.6 Å². The van der Waals surface area contributed by atoms with E-state index in [-0.39, 0.29) is 6.04 Å². The molecule has 0 heterocycles. The van der Waals surface area contributed by atoms with Crippen LogP contribution in [0.4, 0.5) is 0 Å². The lowest BCUT2D eigenvalue weighted by Crippen LogP contribution is -2.17. The number of rotatable bonds is 5. The van der Waals surface area contributed by atoms with Crippen molar-refractivity contribution in [2.24, 2.45) is 11.7 Å². The summed E-state index contributed by atoms with van der Waals surface area (Å²) in [4.78, 5) is 0. The summed E-state index contributed by atoms with van der Waals surface area (Å²) in [5.41, 5.74) is 7.13. The van der Waals surface area contributed by atoms with Gasteiger partial charge in [0.15, 0.2) is 0 Å². The third kappa shape index (κ3) is 2.82. The molecule has 0 bridgehead atoms. The molecule has 2 N–H and O–H groups in total. The predicted molar refractivity (Wildman–Crippen MR) is 56.9 cm³/mol. The Balaban J connectivity index is 1.74. The van der Waals surface area contributed by atoms with Gasteiger partial charge in [-0.15, -0.1) is 0 Å². The fraction of sp³-hybridized carbons (Fsp3) is 0.500. The van der Waals surface area contributed by atoms with Crippen LogP contribution < -0.4 is 5.73 Å². The molecule has 0 radical (unpaired) electrons. The maximum Gasteiger partial charge on any atom is 0.0659 e. The molecule has 1 aliphatic rings. The summed E-state index contributed by atoms with van der Waals surface area (Å²) in [5, 5.41) is 0. The summed E-state index contributed by atoms with van der Waals surface area (Å²) in [6, 6.07) is 10.1. The lowest BCUT2D eigenvalue weighted by atomic mass is 10.1. The fourth-order valence-electron chi connectivity index (χ4n) is 1.44. The molecule has 0 amide bonds. The van der Waals surface area contributed by atoms with E-state index in [1.165, 1.54) is 12.8 Å². The lowest BCUT2D eigenvalue weighted by Gasteiger charge is -2.11. The minimum absolute atomic E-state index is 0.0231. The summed E-state index contributed by atoms with van der Waals surface area (Å²) >= 11 is 0. The van der Waals surface area contributed by atoms with E-state index >= 15 is 0 Å². The minimum Gasteiger partial charge on any atom is -0.379 e. The van der Waals surface area contributed by atoms with E-state index < -0.39 is 0 Å². The van der Waals surface area contributed by atoms with E-state index in [9.17, 15) is 0 Å². The maximum atomic E-state index is 5.98. The molecule has 0 saturated heterocycles. The van der Waals surface area contributed by atoms with Crippen molar-refractivity contribution in [1.29, 1.82) is 0 Å². The molecular formula is C12H17NO. The van der Waals surface area contributed by atoms with E-state index in [1.807, 2.05) is 30.3 Å². The van der Waals surface area contributed by atoms with Gasteiger partial charge in [0.2, 0.25) is 0 Å². The Morgan fingerprint density at radius 3 is 2.64 bits per heavy atom. The average molecular weight is 191 g/mol. The van der Waals surface area contributed by atoms with Gasteiger partial charge in [-0.25, -0.2) is 0 Å². The van der Waals surface area contributed by atoms with Gasteiger partial charge >= 0.3 is 0 Å². The number of hydrogen-bond donors (Lipinski definition) is 1. The molecule has 1 atom stereocenters. The molecule has 2 nitrogen and oxygen atoms in total. The first-order chi connectivity index (χ1) is 6.86. The van der Waals surface area contributed by atoms with Crippen molar-refractivity contribution in [3.8, 4) is 0 Å². The molecule has 1 aromatic carbocycles. The van der Waals surface area contributed by atoms with E-state index in [4.69, 9.17) is 10.5 Å². The van der Waals surface area contributed by atoms with Crippen molar-refractivity contribution in [3.63, 3.8) is 0 Å². The van der Waals surface area contributed by atoms with Crippen molar-refractivity contribution in [2.75, 3.05) is 13.2 Å². The highest BCUT2D eigenvalue weighted by Crippen LogP contribution is 2.29. The molecule has 0 aliphatic heterocycles. The van der Waals surface area contributed by atoms with Gasteiger partial charge in [-0.1, -0.05) is 30.3 Å². The predicted octanol–water partition coefficient (Wildman–Crippen LogP) is 2.11. The van der Waals surface area contributed by atoms with Crippen LogP contribution in [0.1, 0.15) is 24.4 Å². The van der Waals surface area contributed by atoms with Gasteiger partial charge in [0.1, 0.15) is 0 Å². The highest BCUT2D eigenvalue weighted by molar-refractivity contribution is 5.18. The monoisotopic (exact) mass is 191 g/mol. The van der Waals surface area contributed by atoms with Gasteiger partial charge in [-0.3, -0.25) is 0 Å². The molecule has 1 aliphatic carbocycles. The molecule has 1 saturated carbocycles. The molecule has 1 aromatic rings. The Morgan fingerprint density at radius 1 is 1.29 bits per heavy atom. The van der Waals surface area contributed by atoms with E-state index in [0.29, 0.717) is 6.61 Å². The summed E-state index contributed by atoms with van der Waals surface area (Å²) in [5.74, 6) is 0.818. The second kappa shape index (κ2) is 4.58. The highest BCUT2D eigenvalue weighted by atomic mass is 16.5. The van der Waals surface area contributed by atoms with Crippen molar-refractivity contribution >= 4 is 0 Å². The molecule has 0 spiro atoms. The molecule has 0 aromatic heterocycles. The van der Waals surface area contributed by atoms with E-state index in [2.05, 4.69) is 0 Å². The summed E-state index contributed by atoms with van der Waals surface area (Å²) in [6.45, 7) is 1.53. The smallest absolute Gasteiger partial charge is 0.0659 e. The zero-order chi connectivity index (χ0) is 9.80. The van der Waals surface area contributed by atoms with Crippen LogP contribution in [-0.4, -0.2) is 13.2 Å². The van der Waals surface area contributed by atoms with Crippen LogP contribution in [0.2, 0.25) is 0 Å². The molecule has 0 unspecified atom stereocenters. The fourth-order valence-corrected chi connectivity index (χ4v) is 1.44. The first-order valence-corrected chi connectivity index (χ1v) is 5.24. The molecule has 14 heavy (non-hydrogen) atoms. The zero-order valence-corrected chi connectivity index (χ0v) is 8.36. The average Bonchev–Trinajstić information content (AvgIpc) is 3.03.